The molecular formula is C17H25BrN2O2S. The van der Waals surface area contributed by atoms with Gasteiger partial charge in [0.05, 0.1) is 12.2 Å². The van der Waals surface area contributed by atoms with Crippen molar-refractivity contribution in [1.29, 1.82) is 0 Å². The molecule has 0 saturated carbocycles. The average Bonchev–Trinajstić information content (AvgIpc) is 2.53. The van der Waals surface area contributed by atoms with Crippen LogP contribution in [0.1, 0.15) is 50.4 Å². The molecule has 0 unspecified atom stereocenters. The van der Waals surface area contributed by atoms with E-state index in [1.807, 2.05) is 17.9 Å². The van der Waals surface area contributed by atoms with Crippen LogP contribution in [0.3, 0.4) is 0 Å². The maximum absolute atomic E-state index is 12.6. The van der Waals surface area contributed by atoms with E-state index >= 15 is 0 Å². The molecule has 1 rings (SSSR count). The molecule has 0 radical (unpaired) electrons. The predicted molar refractivity (Wildman–Crippen MR) is 102 cm³/mol. The van der Waals surface area contributed by atoms with Crippen molar-refractivity contribution in [3.63, 3.8) is 0 Å². The Balaban J connectivity index is 2.87. The number of ether oxygens (including phenoxy) is 1. The van der Waals surface area contributed by atoms with Gasteiger partial charge in [-0.3, -0.25) is 10.1 Å². The van der Waals surface area contributed by atoms with Crippen molar-refractivity contribution in [2.24, 2.45) is 0 Å². The Labute approximate surface area is 152 Å². The normalized spacial score (nSPS) is 10.3. The fourth-order valence-corrected chi connectivity index (χ4v) is 2.75. The Morgan fingerprint density at radius 2 is 1.87 bits per heavy atom. The summed E-state index contributed by atoms with van der Waals surface area (Å²) in [6.07, 6.45) is 2.85. The molecule has 0 aliphatic carbocycles. The van der Waals surface area contributed by atoms with Crippen molar-refractivity contribution in [3.8, 4) is 5.75 Å². The standard InChI is InChI=1S/C17H25BrN2O2S/c1-4-9-20(10-5-2)17(23)19-16(21)14-12-13(18)7-8-15(14)22-11-6-3/h7-8,12H,4-6,9-11H2,1-3H3,(H,19,21,23). The Hall–Kier alpha value is -1.14. The first-order valence-corrected chi connectivity index (χ1v) is 9.26. The van der Waals surface area contributed by atoms with E-state index in [9.17, 15) is 4.79 Å². The lowest BCUT2D eigenvalue weighted by Gasteiger charge is -2.24. The van der Waals surface area contributed by atoms with E-state index in [1.54, 1.807) is 12.1 Å². The Morgan fingerprint density at radius 3 is 2.43 bits per heavy atom. The number of thiocarbonyl (C=S) groups is 1. The fourth-order valence-electron chi connectivity index (χ4n) is 2.12. The smallest absolute Gasteiger partial charge is 0.261 e. The minimum atomic E-state index is -0.236. The van der Waals surface area contributed by atoms with Crippen molar-refractivity contribution in [1.82, 2.24) is 10.2 Å². The van der Waals surface area contributed by atoms with Crippen molar-refractivity contribution >= 4 is 39.2 Å². The van der Waals surface area contributed by atoms with Crippen LogP contribution in [-0.2, 0) is 0 Å². The van der Waals surface area contributed by atoms with Gasteiger partial charge in [-0.05, 0) is 49.7 Å². The van der Waals surface area contributed by atoms with Crippen LogP contribution in [0, 0.1) is 0 Å². The molecule has 0 spiro atoms. The van der Waals surface area contributed by atoms with E-state index < -0.39 is 0 Å². The molecule has 0 aliphatic heterocycles. The van der Waals surface area contributed by atoms with E-state index in [1.165, 1.54) is 0 Å². The second-order valence-corrected chi connectivity index (χ2v) is 6.54. The van der Waals surface area contributed by atoms with Gasteiger partial charge in [-0.2, -0.15) is 0 Å². The second kappa shape index (κ2) is 10.6. The summed E-state index contributed by atoms with van der Waals surface area (Å²) in [5, 5.41) is 3.30. The number of carbonyl (C=O) groups is 1. The van der Waals surface area contributed by atoms with Crippen LogP contribution in [0.15, 0.2) is 22.7 Å². The molecule has 1 aromatic carbocycles. The first kappa shape index (κ1) is 19.9. The third kappa shape index (κ3) is 6.47. The zero-order chi connectivity index (χ0) is 17.2. The number of nitrogens with one attached hydrogen (secondary N) is 1. The molecular weight excluding hydrogens is 376 g/mol. The molecule has 6 heteroatoms. The first-order chi connectivity index (χ1) is 11.0. The molecule has 0 aliphatic rings. The van der Waals surface area contributed by atoms with Gasteiger partial charge in [0, 0.05) is 17.6 Å². The lowest BCUT2D eigenvalue weighted by Crippen LogP contribution is -2.43. The zero-order valence-electron chi connectivity index (χ0n) is 14.0. The maximum Gasteiger partial charge on any atom is 0.261 e. The van der Waals surface area contributed by atoms with Gasteiger partial charge >= 0.3 is 0 Å². The lowest BCUT2D eigenvalue weighted by molar-refractivity contribution is 0.0969. The minimum absolute atomic E-state index is 0.236. The van der Waals surface area contributed by atoms with Crippen LogP contribution < -0.4 is 10.1 Å². The Morgan fingerprint density at radius 1 is 1.22 bits per heavy atom. The van der Waals surface area contributed by atoms with E-state index in [-0.39, 0.29) is 5.91 Å². The third-order valence-corrected chi connectivity index (χ3v) is 4.00. The lowest BCUT2D eigenvalue weighted by atomic mass is 10.2. The van der Waals surface area contributed by atoms with Crippen LogP contribution >= 0.6 is 28.1 Å². The number of halogens is 1. The fraction of sp³-hybridized carbons (Fsp3) is 0.529. The number of nitrogens with zero attached hydrogens (tertiary/aromatic N) is 1. The topological polar surface area (TPSA) is 41.6 Å². The summed E-state index contributed by atoms with van der Waals surface area (Å²) in [5.74, 6) is 0.340. The summed E-state index contributed by atoms with van der Waals surface area (Å²) in [5.41, 5.74) is 0.489. The van der Waals surface area contributed by atoms with Gasteiger partial charge in [-0.1, -0.05) is 36.7 Å². The van der Waals surface area contributed by atoms with E-state index in [2.05, 4.69) is 35.1 Å². The van der Waals surface area contributed by atoms with Crippen molar-refractivity contribution in [2.45, 2.75) is 40.0 Å². The molecule has 1 N–H and O–H groups in total. The number of carbonyl (C=O) groups excluding carboxylic acids is 1. The molecule has 0 heterocycles. The van der Waals surface area contributed by atoms with Crippen LogP contribution in [0.5, 0.6) is 5.75 Å². The minimum Gasteiger partial charge on any atom is -0.493 e. The molecule has 1 aromatic rings. The molecule has 0 atom stereocenters. The van der Waals surface area contributed by atoms with Gasteiger partial charge in [0.2, 0.25) is 0 Å². The maximum atomic E-state index is 12.6. The monoisotopic (exact) mass is 400 g/mol. The number of hydrogen-bond acceptors (Lipinski definition) is 3. The van der Waals surface area contributed by atoms with Crippen molar-refractivity contribution < 1.29 is 9.53 Å². The molecule has 4 nitrogen and oxygen atoms in total. The summed E-state index contributed by atoms with van der Waals surface area (Å²) in [7, 11) is 0. The largest absolute Gasteiger partial charge is 0.493 e. The summed E-state index contributed by atoms with van der Waals surface area (Å²) >= 11 is 8.79. The number of benzene rings is 1. The van der Waals surface area contributed by atoms with Crippen molar-refractivity contribution in [3.05, 3.63) is 28.2 Å². The van der Waals surface area contributed by atoms with Gasteiger partial charge in [-0.25, -0.2) is 0 Å². The number of rotatable bonds is 8. The molecule has 1 amide bonds. The summed E-state index contributed by atoms with van der Waals surface area (Å²) in [4.78, 5) is 14.6. The highest BCUT2D eigenvalue weighted by atomic mass is 79.9. The number of hydrogen-bond donors (Lipinski definition) is 1. The first-order valence-electron chi connectivity index (χ1n) is 8.06. The molecule has 0 saturated heterocycles. The van der Waals surface area contributed by atoms with Gasteiger partial charge in [0.1, 0.15) is 5.75 Å². The molecule has 0 fully saturated rings. The Bertz CT molecular complexity index is 531. The van der Waals surface area contributed by atoms with Gasteiger partial charge in [0.15, 0.2) is 5.11 Å². The average molecular weight is 401 g/mol. The van der Waals surface area contributed by atoms with Gasteiger partial charge in [0.25, 0.3) is 5.91 Å². The SMILES string of the molecule is CCCOc1ccc(Br)cc1C(=O)NC(=S)N(CCC)CCC. The van der Waals surface area contributed by atoms with Crippen molar-refractivity contribution in [2.75, 3.05) is 19.7 Å². The summed E-state index contributed by atoms with van der Waals surface area (Å²) < 4.78 is 6.49. The second-order valence-electron chi connectivity index (χ2n) is 5.24. The molecule has 128 valence electrons. The van der Waals surface area contributed by atoms with E-state index in [4.69, 9.17) is 17.0 Å². The third-order valence-electron chi connectivity index (χ3n) is 3.14. The van der Waals surface area contributed by atoms with Crippen LogP contribution in [-0.4, -0.2) is 35.6 Å². The predicted octanol–water partition coefficient (Wildman–Crippen LogP) is 4.37. The van der Waals surface area contributed by atoms with Crippen LogP contribution in [0.2, 0.25) is 0 Å². The Kier molecular flexibility index (Phi) is 9.17. The summed E-state index contributed by atoms with van der Waals surface area (Å²) in [6, 6.07) is 5.42. The van der Waals surface area contributed by atoms with E-state index in [0.29, 0.717) is 23.0 Å². The molecule has 0 bridgehead atoms. The van der Waals surface area contributed by atoms with Gasteiger partial charge in [-0.15, -0.1) is 0 Å². The van der Waals surface area contributed by atoms with E-state index in [0.717, 1.165) is 36.8 Å². The summed E-state index contributed by atoms with van der Waals surface area (Å²) in [6.45, 7) is 8.47. The number of amides is 1. The highest BCUT2D eigenvalue weighted by Crippen LogP contribution is 2.23. The van der Waals surface area contributed by atoms with Crippen LogP contribution in [0.4, 0.5) is 0 Å². The molecule has 23 heavy (non-hydrogen) atoms. The quantitative estimate of drug-likeness (QED) is 0.657. The highest BCUT2D eigenvalue weighted by Gasteiger charge is 2.17. The van der Waals surface area contributed by atoms with Crippen LogP contribution in [0.25, 0.3) is 0 Å². The zero-order valence-corrected chi connectivity index (χ0v) is 16.4. The molecule has 0 aromatic heterocycles. The highest BCUT2D eigenvalue weighted by molar-refractivity contribution is 9.10. The van der Waals surface area contributed by atoms with Gasteiger partial charge < -0.3 is 9.64 Å².